The minimum Gasteiger partial charge on any atom is -0.454 e. The number of hydrogen-bond donors (Lipinski definition) is 1. The van der Waals surface area contributed by atoms with E-state index in [0.717, 1.165) is 0 Å². The smallest absolute Gasteiger partial charge is 0.268 e. The molecule has 26 heavy (non-hydrogen) atoms. The second-order valence-electron chi connectivity index (χ2n) is 6.52. The van der Waals surface area contributed by atoms with Crippen LogP contribution < -0.4 is 20.3 Å². The standard InChI is InChI=1S/C18H16F2N2O4/c1-10-4-5-22(12-2-3-13-14(6-12)26-9-25-13)17(24)15(10)16(23)21-11-7-18(19,20)8-11/h2-6,11H,7-9H2,1H3,(H,21,23). The third kappa shape index (κ3) is 2.81. The van der Waals surface area contributed by atoms with Gasteiger partial charge in [-0.15, -0.1) is 0 Å². The number of pyridine rings is 1. The molecule has 1 aliphatic heterocycles. The average Bonchev–Trinajstić information content (AvgIpc) is 3.00. The molecule has 1 aromatic carbocycles. The van der Waals surface area contributed by atoms with Gasteiger partial charge in [0, 0.05) is 31.1 Å². The van der Waals surface area contributed by atoms with E-state index in [0.29, 0.717) is 22.7 Å². The van der Waals surface area contributed by atoms with Crippen molar-refractivity contribution < 1.29 is 23.0 Å². The van der Waals surface area contributed by atoms with E-state index in [9.17, 15) is 18.4 Å². The summed E-state index contributed by atoms with van der Waals surface area (Å²) in [6, 6.07) is 6.03. The molecule has 6 nitrogen and oxygen atoms in total. The van der Waals surface area contributed by atoms with Crippen LogP contribution in [0.25, 0.3) is 5.69 Å². The van der Waals surface area contributed by atoms with Crippen molar-refractivity contribution in [1.82, 2.24) is 9.88 Å². The summed E-state index contributed by atoms with van der Waals surface area (Å²) in [5, 5.41) is 2.51. The normalized spacial score (nSPS) is 17.7. The number of hydrogen-bond acceptors (Lipinski definition) is 4. The monoisotopic (exact) mass is 362 g/mol. The van der Waals surface area contributed by atoms with Crippen LogP contribution in [0, 0.1) is 6.92 Å². The number of aromatic nitrogens is 1. The summed E-state index contributed by atoms with van der Waals surface area (Å²) < 4.78 is 37.8. The van der Waals surface area contributed by atoms with Crippen molar-refractivity contribution in [1.29, 1.82) is 0 Å². The number of carbonyl (C=O) groups is 1. The number of fused-ring (bicyclic) bond motifs is 1. The third-order valence-corrected chi connectivity index (χ3v) is 4.59. The molecule has 1 N–H and O–H groups in total. The van der Waals surface area contributed by atoms with Crippen LogP contribution in [-0.2, 0) is 0 Å². The fraction of sp³-hybridized carbons (Fsp3) is 0.333. The molecule has 0 atom stereocenters. The molecule has 0 spiro atoms. The van der Waals surface area contributed by atoms with Crippen molar-refractivity contribution in [3.8, 4) is 17.2 Å². The Labute approximate surface area is 147 Å². The number of ether oxygens (including phenoxy) is 2. The molecule has 2 aromatic rings. The molecule has 4 rings (SSSR count). The van der Waals surface area contributed by atoms with Crippen molar-refractivity contribution in [2.45, 2.75) is 31.7 Å². The lowest BCUT2D eigenvalue weighted by atomic mass is 9.88. The molecule has 1 aliphatic carbocycles. The first kappa shape index (κ1) is 16.6. The minimum absolute atomic E-state index is 0.0552. The van der Waals surface area contributed by atoms with Crippen molar-refractivity contribution in [2.75, 3.05) is 6.79 Å². The minimum atomic E-state index is -2.74. The molecule has 8 heteroatoms. The van der Waals surface area contributed by atoms with Gasteiger partial charge in [-0.25, -0.2) is 8.78 Å². The van der Waals surface area contributed by atoms with Gasteiger partial charge in [-0.05, 0) is 30.7 Å². The van der Waals surface area contributed by atoms with E-state index in [2.05, 4.69) is 5.32 Å². The van der Waals surface area contributed by atoms with Crippen molar-refractivity contribution in [2.24, 2.45) is 0 Å². The molecule has 1 saturated carbocycles. The number of benzene rings is 1. The zero-order valence-electron chi connectivity index (χ0n) is 13.9. The quantitative estimate of drug-likeness (QED) is 0.910. The summed E-state index contributed by atoms with van der Waals surface area (Å²) in [5.41, 5.74) is 0.423. The molecular weight excluding hydrogens is 346 g/mol. The first-order valence-electron chi connectivity index (χ1n) is 8.15. The molecule has 2 heterocycles. The van der Waals surface area contributed by atoms with Gasteiger partial charge in [0.2, 0.25) is 6.79 Å². The predicted molar refractivity (Wildman–Crippen MR) is 88.3 cm³/mol. The lowest BCUT2D eigenvalue weighted by Gasteiger charge is -2.35. The lowest BCUT2D eigenvalue weighted by Crippen LogP contribution is -2.51. The Morgan fingerprint density at radius 1 is 1.23 bits per heavy atom. The summed E-state index contributed by atoms with van der Waals surface area (Å²) in [5.74, 6) is -2.28. The Morgan fingerprint density at radius 3 is 2.69 bits per heavy atom. The Morgan fingerprint density at radius 2 is 1.96 bits per heavy atom. The predicted octanol–water partition coefficient (Wildman–Crippen LogP) is 2.40. The maximum absolute atomic E-state index is 13.0. The Hall–Kier alpha value is -2.90. The summed E-state index contributed by atoms with van der Waals surface area (Å²) in [6.07, 6.45) is 0.755. The fourth-order valence-electron chi connectivity index (χ4n) is 3.16. The summed E-state index contributed by atoms with van der Waals surface area (Å²) in [4.78, 5) is 25.3. The highest BCUT2D eigenvalue weighted by Gasteiger charge is 2.46. The maximum Gasteiger partial charge on any atom is 0.268 e. The SMILES string of the molecule is Cc1ccn(-c2ccc3c(c2)OCO3)c(=O)c1C(=O)NC1CC(F)(F)C1. The van der Waals surface area contributed by atoms with Crippen LogP contribution in [0.1, 0.15) is 28.8 Å². The van der Waals surface area contributed by atoms with Crippen molar-refractivity contribution in [3.05, 3.63) is 51.9 Å². The first-order valence-corrected chi connectivity index (χ1v) is 8.15. The van der Waals surface area contributed by atoms with E-state index in [-0.39, 0.29) is 12.4 Å². The van der Waals surface area contributed by atoms with Crippen LogP contribution in [0.2, 0.25) is 0 Å². The number of carbonyl (C=O) groups excluding carboxylic acids is 1. The number of alkyl halides is 2. The average molecular weight is 362 g/mol. The highest BCUT2D eigenvalue weighted by atomic mass is 19.3. The number of amides is 1. The van der Waals surface area contributed by atoms with E-state index in [1.165, 1.54) is 4.57 Å². The van der Waals surface area contributed by atoms with Gasteiger partial charge in [0.1, 0.15) is 5.56 Å². The topological polar surface area (TPSA) is 69.6 Å². The third-order valence-electron chi connectivity index (χ3n) is 4.59. The number of rotatable bonds is 3. The van der Waals surface area contributed by atoms with Gasteiger partial charge < -0.3 is 14.8 Å². The maximum atomic E-state index is 13.0. The second-order valence-corrected chi connectivity index (χ2v) is 6.52. The number of nitrogens with zero attached hydrogens (tertiary/aromatic N) is 1. The van der Waals surface area contributed by atoms with Gasteiger partial charge in [0.25, 0.3) is 17.4 Å². The van der Waals surface area contributed by atoms with Gasteiger partial charge in [-0.3, -0.25) is 14.2 Å². The van der Waals surface area contributed by atoms with E-state index in [1.54, 1.807) is 37.4 Å². The van der Waals surface area contributed by atoms with Crippen molar-refractivity contribution >= 4 is 5.91 Å². The summed E-state index contributed by atoms with van der Waals surface area (Å²) in [6.45, 7) is 1.75. The molecule has 0 saturated heterocycles. The highest BCUT2D eigenvalue weighted by molar-refractivity contribution is 5.95. The number of halogens is 2. The fourth-order valence-corrected chi connectivity index (χ4v) is 3.16. The van der Waals surface area contributed by atoms with Crippen LogP contribution >= 0.6 is 0 Å². The van der Waals surface area contributed by atoms with Crippen LogP contribution in [-0.4, -0.2) is 29.2 Å². The molecule has 0 bridgehead atoms. The van der Waals surface area contributed by atoms with Gasteiger partial charge >= 0.3 is 0 Å². The number of nitrogens with one attached hydrogen (secondary N) is 1. The van der Waals surface area contributed by atoms with Crippen LogP contribution in [0.15, 0.2) is 35.3 Å². The molecule has 1 fully saturated rings. The van der Waals surface area contributed by atoms with Gasteiger partial charge in [-0.2, -0.15) is 0 Å². The molecule has 2 aliphatic rings. The number of aryl methyl sites for hydroxylation is 1. The summed E-state index contributed by atoms with van der Waals surface area (Å²) in [7, 11) is 0. The Balaban J connectivity index is 1.65. The summed E-state index contributed by atoms with van der Waals surface area (Å²) >= 11 is 0. The van der Waals surface area contributed by atoms with Crippen LogP contribution in [0.3, 0.4) is 0 Å². The van der Waals surface area contributed by atoms with E-state index < -0.39 is 36.3 Å². The zero-order chi connectivity index (χ0) is 18.5. The molecule has 136 valence electrons. The van der Waals surface area contributed by atoms with Gasteiger partial charge in [-0.1, -0.05) is 0 Å². The molecule has 0 unspecified atom stereocenters. The largest absolute Gasteiger partial charge is 0.454 e. The Kier molecular flexibility index (Phi) is 3.71. The molecule has 1 aromatic heterocycles. The van der Waals surface area contributed by atoms with E-state index in [1.807, 2.05) is 0 Å². The molecule has 0 radical (unpaired) electrons. The van der Waals surface area contributed by atoms with Crippen LogP contribution in [0.5, 0.6) is 11.5 Å². The molecule has 1 amide bonds. The van der Waals surface area contributed by atoms with Gasteiger partial charge in [0.15, 0.2) is 11.5 Å². The lowest BCUT2D eigenvalue weighted by molar-refractivity contribution is -0.0901. The highest BCUT2D eigenvalue weighted by Crippen LogP contribution is 2.37. The van der Waals surface area contributed by atoms with Crippen molar-refractivity contribution in [3.63, 3.8) is 0 Å². The van der Waals surface area contributed by atoms with Crippen LogP contribution in [0.4, 0.5) is 8.78 Å². The second kappa shape index (κ2) is 5.82. The van der Waals surface area contributed by atoms with Gasteiger partial charge in [0.05, 0.1) is 5.69 Å². The zero-order valence-corrected chi connectivity index (χ0v) is 13.9. The molecular formula is C18H16F2N2O4. The Bertz CT molecular complexity index is 947. The van der Waals surface area contributed by atoms with E-state index >= 15 is 0 Å². The van der Waals surface area contributed by atoms with E-state index in [4.69, 9.17) is 9.47 Å². The first-order chi connectivity index (χ1) is 12.3.